The molecule has 15 heavy (non-hydrogen) atoms. The molecule has 4 nitrogen and oxygen atoms in total. The fourth-order valence-corrected chi connectivity index (χ4v) is 0.845. The van der Waals surface area contributed by atoms with E-state index < -0.39 is 0 Å². The van der Waals surface area contributed by atoms with Gasteiger partial charge in [0.25, 0.3) is 0 Å². The third-order valence-corrected chi connectivity index (χ3v) is 1.98. The summed E-state index contributed by atoms with van der Waals surface area (Å²) in [4.78, 5) is 10.7. The number of carbonyl (C=O) groups excluding carboxylic acids is 1. The summed E-state index contributed by atoms with van der Waals surface area (Å²) >= 11 is 0. The van der Waals surface area contributed by atoms with E-state index in [1.807, 2.05) is 6.92 Å². The fourth-order valence-electron chi connectivity index (χ4n) is 0.845. The maximum atomic E-state index is 10.7. The molecule has 1 unspecified atom stereocenters. The molecule has 0 rings (SSSR count). The van der Waals surface area contributed by atoms with Gasteiger partial charge in [-0.15, -0.1) is 0 Å². The number of carbonyl (C=O) groups is 1. The van der Waals surface area contributed by atoms with Crippen molar-refractivity contribution < 1.29 is 19.0 Å². The first-order chi connectivity index (χ1) is 7.20. The molecule has 0 radical (unpaired) electrons. The second-order valence-corrected chi connectivity index (χ2v) is 3.28. The van der Waals surface area contributed by atoms with Crippen molar-refractivity contribution in [2.75, 3.05) is 26.4 Å². The number of hydrogen-bond acceptors (Lipinski definition) is 4. The van der Waals surface area contributed by atoms with Gasteiger partial charge < -0.3 is 14.2 Å². The lowest BCUT2D eigenvalue weighted by molar-refractivity contribution is -0.144. The summed E-state index contributed by atoms with van der Waals surface area (Å²) in [5.74, 6) is -0.186. The highest BCUT2D eigenvalue weighted by atomic mass is 16.6. The monoisotopic (exact) mass is 218 g/mol. The van der Waals surface area contributed by atoms with Crippen molar-refractivity contribution in [2.24, 2.45) is 0 Å². The third-order valence-electron chi connectivity index (χ3n) is 1.98. The first-order valence-corrected chi connectivity index (χ1v) is 5.55. The Hall–Kier alpha value is -0.610. The molecular formula is C11H22O4. The highest BCUT2D eigenvalue weighted by Gasteiger charge is 1.99. The van der Waals surface area contributed by atoms with Crippen molar-refractivity contribution in [1.29, 1.82) is 0 Å². The van der Waals surface area contributed by atoms with Crippen LogP contribution in [0.3, 0.4) is 0 Å². The molecule has 0 fully saturated rings. The molecule has 0 aromatic rings. The van der Waals surface area contributed by atoms with E-state index in [0.717, 1.165) is 6.42 Å². The molecule has 0 aliphatic heterocycles. The van der Waals surface area contributed by atoms with Crippen LogP contribution in [0.25, 0.3) is 0 Å². The summed E-state index contributed by atoms with van der Waals surface area (Å²) in [7, 11) is 0. The van der Waals surface area contributed by atoms with E-state index in [-0.39, 0.29) is 12.1 Å². The van der Waals surface area contributed by atoms with Crippen LogP contribution in [0.2, 0.25) is 0 Å². The molecule has 0 aromatic heterocycles. The molecule has 0 aromatic carbocycles. The average Bonchev–Trinajstić information content (AvgIpc) is 2.26. The van der Waals surface area contributed by atoms with Crippen LogP contribution >= 0.6 is 0 Å². The fraction of sp³-hybridized carbons (Fsp3) is 0.909. The van der Waals surface area contributed by atoms with Crippen LogP contribution in [-0.4, -0.2) is 38.5 Å². The molecule has 0 saturated heterocycles. The summed E-state index contributed by atoms with van der Waals surface area (Å²) in [6.07, 6.45) is 1.71. The maximum Gasteiger partial charge on any atom is 0.305 e. The van der Waals surface area contributed by atoms with Gasteiger partial charge in [0.1, 0.15) is 6.61 Å². The predicted molar refractivity (Wildman–Crippen MR) is 57.8 cm³/mol. The van der Waals surface area contributed by atoms with Crippen molar-refractivity contribution in [3.8, 4) is 0 Å². The molecule has 0 heterocycles. The first kappa shape index (κ1) is 14.4. The summed E-state index contributed by atoms with van der Waals surface area (Å²) in [5, 5.41) is 0. The van der Waals surface area contributed by atoms with Gasteiger partial charge in [-0.2, -0.15) is 0 Å². The number of rotatable bonds is 9. The zero-order valence-corrected chi connectivity index (χ0v) is 9.95. The van der Waals surface area contributed by atoms with Gasteiger partial charge in [0.15, 0.2) is 0 Å². The molecule has 0 saturated carbocycles. The quantitative estimate of drug-likeness (QED) is 0.437. The molecule has 0 aliphatic rings. The van der Waals surface area contributed by atoms with Crippen molar-refractivity contribution in [3.05, 3.63) is 0 Å². The van der Waals surface area contributed by atoms with Gasteiger partial charge in [0, 0.05) is 6.42 Å². The Kier molecular flexibility index (Phi) is 9.52. The van der Waals surface area contributed by atoms with Gasteiger partial charge in [0.2, 0.25) is 0 Å². The number of hydrogen-bond donors (Lipinski definition) is 0. The zero-order chi connectivity index (χ0) is 11.5. The van der Waals surface area contributed by atoms with Gasteiger partial charge in [-0.05, 0) is 13.3 Å². The normalized spacial score (nSPS) is 12.5. The molecule has 1 atom stereocenters. The van der Waals surface area contributed by atoms with Crippen LogP contribution in [0.4, 0.5) is 0 Å². The Morgan fingerprint density at radius 3 is 2.40 bits per heavy atom. The highest BCUT2D eigenvalue weighted by molar-refractivity contribution is 5.68. The highest BCUT2D eigenvalue weighted by Crippen LogP contribution is 1.94. The Balaban J connectivity index is 3.08. The topological polar surface area (TPSA) is 44.8 Å². The smallest absolute Gasteiger partial charge is 0.305 e. The predicted octanol–water partition coefficient (Wildman–Crippen LogP) is 1.77. The molecule has 0 bridgehead atoms. The van der Waals surface area contributed by atoms with Gasteiger partial charge in [-0.3, -0.25) is 4.79 Å². The minimum absolute atomic E-state index is 0.186. The van der Waals surface area contributed by atoms with E-state index >= 15 is 0 Å². The molecule has 0 amide bonds. The van der Waals surface area contributed by atoms with Crippen LogP contribution in [0.5, 0.6) is 0 Å². The Bertz CT molecular complexity index is 159. The van der Waals surface area contributed by atoms with Gasteiger partial charge in [0.05, 0.1) is 25.9 Å². The second-order valence-electron chi connectivity index (χ2n) is 3.28. The number of esters is 1. The minimum Gasteiger partial charge on any atom is -0.463 e. The van der Waals surface area contributed by atoms with Crippen molar-refractivity contribution in [2.45, 2.75) is 39.7 Å². The number of ether oxygens (including phenoxy) is 3. The standard InChI is InChI=1S/C11H22O4/c1-4-10(3)14-8-6-13-7-9-15-11(12)5-2/h10H,4-9H2,1-3H3. The molecule has 0 aliphatic carbocycles. The minimum atomic E-state index is -0.186. The van der Waals surface area contributed by atoms with Crippen LogP contribution in [0.15, 0.2) is 0 Å². The van der Waals surface area contributed by atoms with Crippen molar-refractivity contribution in [3.63, 3.8) is 0 Å². The van der Waals surface area contributed by atoms with Crippen molar-refractivity contribution >= 4 is 5.97 Å². The second kappa shape index (κ2) is 9.93. The Labute approximate surface area is 91.9 Å². The zero-order valence-electron chi connectivity index (χ0n) is 9.95. The average molecular weight is 218 g/mol. The van der Waals surface area contributed by atoms with Crippen LogP contribution in [-0.2, 0) is 19.0 Å². The van der Waals surface area contributed by atoms with Crippen LogP contribution in [0, 0.1) is 0 Å². The van der Waals surface area contributed by atoms with E-state index in [9.17, 15) is 4.79 Å². The van der Waals surface area contributed by atoms with E-state index in [0.29, 0.717) is 32.8 Å². The third kappa shape index (κ3) is 9.69. The summed E-state index contributed by atoms with van der Waals surface area (Å²) < 4.78 is 15.5. The van der Waals surface area contributed by atoms with E-state index in [2.05, 4.69) is 6.92 Å². The molecule has 0 N–H and O–H groups in total. The summed E-state index contributed by atoms with van der Waals surface area (Å²) in [6.45, 7) is 7.79. The first-order valence-electron chi connectivity index (χ1n) is 5.55. The molecule has 4 heteroatoms. The lowest BCUT2D eigenvalue weighted by Crippen LogP contribution is -2.14. The lowest BCUT2D eigenvalue weighted by Gasteiger charge is -2.10. The Morgan fingerprint density at radius 2 is 1.80 bits per heavy atom. The van der Waals surface area contributed by atoms with Crippen LogP contribution < -0.4 is 0 Å². The molecule has 90 valence electrons. The lowest BCUT2D eigenvalue weighted by atomic mass is 10.3. The Morgan fingerprint density at radius 1 is 1.13 bits per heavy atom. The molecular weight excluding hydrogens is 196 g/mol. The van der Waals surface area contributed by atoms with Gasteiger partial charge in [-0.25, -0.2) is 0 Å². The SMILES string of the molecule is CCC(=O)OCCOCCOC(C)CC. The van der Waals surface area contributed by atoms with Crippen LogP contribution in [0.1, 0.15) is 33.6 Å². The summed E-state index contributed by atoms with van der Waals surface area (Å²) in [6, 6.07) is 0. The molecule has 0 spiro atoms. The largest absolute Gasteiger partial charge is 0.463 e. The van der Waals surface area contributed by atoms with E-state index in [4.69, 9.17) is 14.2 Å². The van der Waals surface area contributed by atoms with Gasteiger partial charge >= 0.3 is 5.97 Å². The summed E-state index contributed by atoms with van der Waals surface area (Å²) in [5.41, 5.74) is 0. The maximum absolute atomic E-state index is 10.7. The van der Waals surface area contributed by atoms with E-state index in [1.54, 1.807) is 6.92 Å². The van der Waals surface area contributed by atoms with Gasteiger partial charge in [-0.1, -0.05) is 13.8 Å². The van der Waals surface area contributed by atoms with Crippen molar-refractivity contribution in [1.82, 2.24) is 0 Å². The van der Waals surface area contributed by atoms with E-state index in [1.165, 1.54) is 0 Å².